The summed E-state index contributed by atoms with van der Waals surface area (Å²) in [7, 11) is 1.84. The number of ether oxygens (including phenoxy) is 1. The smallest absolute Gasteiger partial charge is 0.255 e. The van der Waals surface area contributed by atoms with Crippen molar-refractivity contribution >= 4 is 39.2 Å². The zero-order valence-electron chi connectivity index (χ0n) is 15.3. The van der Waals surface area contributed by atoms with Gasteiger partial charge in [0.05, 0.1) is 28.4 Å². The number of carbonyl (C=O) groups excluding carboxylic acids is 1. The van der Waals surface area contributed by atoms with Gasteiger partial charge in [-0.25, -0.2) is 4.98 Å². The van der Waals surface area contributed by atoms with E-state index in [1.54, 1.807) is 28.0 Å². The summed E-state index contributed by atoms with van der Waals surface area (Å²) in [6.07, 6.45) is 2.55. The average Bonchev–Trinajstić information content (AvgIpc) is 3.35. The van der Waals surface area contributed by atoms with Crippen LogP contribution in [0.3, 0.4) is 0 Å². The van der Waals surface area contributed by atoms with Crippen molar-refractivity contribution in [2.75, 3.05) is 19.4 Å². The molecule has 1 saturated heterocycles. The summed E-state index contributed by atoms with van der Waals surface area (Å²) in [5.41, 5.74) is 1.75. The Morgan fingerprint density at radius 1 is 1.26 bits per heavy atom. The van der Waals surface area contributed by atoms with Gasteiger partial charge in [-0.2, -0.15) is 0 Å². The second-order valence-electron chi connectivity index (χ2n) is 6.68. The number of amides is 1. The average molecular weight is 399 g/mol. The largest absolute Gasteiger partial charge is 0.377 e. The van der Waals surface area contributed by atoms with Crippen molar-refractivity contribution in [1.29, 1.82) is 0 Å². The minimum absolute atomic E-state index is 0.0321. The third kappa shape index (κ3) is 4.34. The van der Waals surface area contributed by atoms with Gasteiger partial charge in [0.2, 0.25) is 0 Å². The molecule has 1 unspecified atom stereocenters. The maximum absolute atomic E-state index is 13.0. The predicted octanol–water partition coefficient (Wildman–Crippen LogP) is 4.84. The highest BCUT2D eigenvalue weighted by Crippen LogP contribution is 2.28. The van der Waals surface area contributed by atoms with Crippen LogP contribution in [0.15, 0.2) is 53.4 Å². The van der Waals surface area contributed by atoms with Crippen molar-refractivity contribution in [3.05, 3.63) is 59.1 Å². The number of hydrogen-bond donors (Lipinski definition) is 0. The van der Waals surface area contributed by atoms with Crippen LogP contribution in [0.4, 0.5) is 0 Å². The first kappa shape index (κ1) is 18.5. The van der Waals surface area contributed by atoms with Crippen molar-refractivity contribution in [2.24, 2.45) is 0 Å². The van der Waals surface area contributed by atoms with Crippen molar-refractivity contribution in [3.63, 3.8) is 0 Å². The fraction of sp³-hybridized carbons (Fsp3) is 0.333. The molecule has 0 bridgehead atoms. The lowest BCUT2D eigenvalue weighted by Crippen LogP contribution is -2.26. The van der Waals surface area contributed by atoms with E-state index >= 15 is 0 Å². The molecule has 1 atom stereocenters. The topological polar surface area (TPSA) is 42.4 Å². The Balaban J connectivity index is 1.46. The summed E-state index contributed by atoms with van der Waals surface area (Å²) in [5, 5.41) is 0.955. The van der Waals surface area contributed by atoms with Gasteiger partial charge in [0, 0.05) is 24.3 Å². The normalized spacial score (nSPS) is 16.7. The first-order chi connectivity index (χ1) is 13.2. The maximum Gasteiger partial charge on any atom is 0.255 e. The lowest BCUT2D eigenvalue weighted by atomic mass is 10.2. The molecule has 0 spiro atoms. The molecule has 1 aliphatic heterocycles. The molecule has 1 aliphatic rings. The highest BCUT2D eigenvalue weighted by atomic mass is 32.2. The zero-order valence-corrected chi connectivity index (χ0v) is 16.9. The molecule has 4 rings (SSSR count). The van der Waals surface area contributed by atoms with Gasteiger partial charge < -0.3 is 9.64 Å². The van der Waals surface area contributed by atoms with Crippen LogP contribution in [0.5, 0.6) is 0 Å². The van der Waals surface area contributed by atoms with Gasteiger partial charge in [0.25, 0.3) is 5.91 Å². The van der Waals surface area contributed by atoms with Gasteiger partial charge in [-0.3, -0.25) is 4.79 Å². The van der Waals surface area contributed by atoms with E-state index < -0.39 is 0 Å². The molecule has 0 radical (unpaired) electrons. The van der Waals surface area contributed by atoms with E-state index in [9.17, 15) is 4.79 Å². The maximum atomic E-state index is 13.0. The first-order valence-electron chi connectivity index (χ1n) is 9.14. The fourth-order valence-corrected chi connectivity index (χ4v) is 5.33. The standard InChI is InChI=1S/C21H22N2O2S2/c1-23(13-20-22-17-9-3-5-11-19(17)27-20)21(24)16-8-2-4-10-18(16)26-14-15-7-6-12-25-15/h2-5,8-11,15H,6-7,12-14H2,1H3. The zero-order chi connectivity index (χ0) is 18.6. The molecule has 1 amide bonds. The van der Waals surface area contributed by atoms with E-state index in [-0.39, 0.29) is 5.91 Å². The summed E-state index contributed by atoms with van der Waals surface area (Å²) >= 11 is 3.36. The molecule has 3 aromatic rings. The number of fused-ring (bicyclic) bond motifs is 1. The molecular weight excluding hydrogens is 376 g/mol. The Hall–Kier alpha value is -1.89. The number of nitrogens with zero attached hydrogens (tertiary/aromatic N) is 2. The van der Waals surface area contributed by atoms with Crippen LogP contribution in [0, 0.1) is 0 Å². The molecule has 6 heteroatoms. The van der Waals surface area contributed by atoms with E-state index in [0.29, 0.717) is 12.6 Å². The highest BCUT2D eigenvalue weighted by Gasteiger charge is 2.20. The van der Waals surface area contributed by atoms with Gasteiger partial charge in [-0.1, -0.05) is 24.3 Å². The minimum atomic E-state index is 0.0321. The molecule has 1 aromatic heterocycles. The summed E-state index contributed by atoms with van der Waals surface area (Å²) in [5.74, 6) is 0.927. The van der Waals surface area contributed by atoms with Crippen LogP contribution in [0.25, 0.3) is 10.2 Å². The van der Waals surface area contributed by atoms with Crippen LogP contribution >= 0.6 is 23.1 Å². The second-order valence-corrected chi connectivity index (χ2v) is 8.86. The molecule has 0 saturated carbocycles. The molecule has 0 N–H and O–H groups in total. The van der Waals surface area contributed by atoms with Gasteiger partial charge in [0.1, 0.15) is 5.01 Å². The van der Waals surface area contributed by atoms with E-state index in [1.165, 1.54) is 0 Å². The van der Waals surface area contributed by atoms with Crippen LogP contribution in [0.2, 0.25) is 0 Å². The number of aromatic nitrogens is 1. The molecule has 140 valence electrons. The van der Waals surface area contributed by atoms with Crippen molar-refractivity contribution < 1.29 is 9.53 Å². The lowest BCUT2D eigenvalue weighted by molar-refractivity contribution is 0.0781. The van der Waals surface area contributed by atoms with Crippen molar-refractivity contribution in [1.82, 2.24) is 9.88 Å². The van der Waals surface area contributed by atoms with Crippen LogP contribution in [-0.4, -0.2) is 41.3 Å². The molecule has 2 aromatic carbocycles. The number of para-hydroxylation sites is 1. The third-order valence-corrected chi connectivity index (χ3v) is 6.85. The molecule has 1 fully saturated rings. The van der Waals surface area contributed by atoms with Crippen LogP contribution < -0.4 is 0 Å². The summed E-state index contributed by atoms with van der Waals surface area (Å²) < 4.78 is 6.86. The molecule has 2 heterocycles. The monoisotopic (exact) mass is 398 g/mol. The number of hydrogen-bond acceptors (Lipinski definition) is 5. The Bertz CT molecular complexity index is 902. The fourth-order valence-electron chi connectivity index (χ4n) is 3.20. The Labute approximate surface area is 167 Å². The Morgan fingerprint density at radius 2 is 2.07 bits per heavy atom. The molecular formula is C21H22N2O2S2. The van der Waals surface area contributed by atoms with Crippen molar-refractivity contribution in [3.8, 4) is 0 Å². The summed E-state index contributed by atoms with van der Waals surface area (Å²) in [4.78, 5) is 20.5. The Kier molecular flexibility index (Phi) is 5.76. The molecule has 27 heavy (non-hydrogen) atoms. The molecule has 4 nitrogen and oxygen atoms in total. The van der Waals surface area contributed by atoms with Gasteiger partial charge >= 0.3 is 0 Å². The number of rotatable bonds is 6. The number of carbonyl (C=O) groups is 1. The lowest BCUT2D eigenvalue weighted by Gasteiger charge is -2.18. The van der Waals surface area contributed by atoms with Gasteiger partial charge in [0.15, 0.2) is 0 Å². The van der Waals surface area contributed by atoms with E-state index in [4.69, 9.17) is 4.74 Å². The SMILES string of the molecule is CN(Cc1nc2ccccc2s1)C(=O)c1ccccc1SCC1CCCO1. The number of thioether (sulfide) groups is 1. The van der Waals surface area contributed by atoms with Crippen LogP contribution in [-0.2, 0) is 11.3 Å². The minimum Gasteiger partial charge on any atom is -0.377 e. The summed E-state index contributed by atoms with van der Waals surface area (Å²) in [6.45, 7) is 1.37. The first-order valence-corrected chi connectivity index (χ1v) is 10.9. The second kappa shape index (κ2) is 8.42. The van der Waals surface area contributed by atoms with E-state index in [1.807, 2.05) is 49.5 Å². The van der Waals surface area contributed by atoms with Gasteiger partial charge in [-0.15, -0.1) is 23.1 Å². The quantitative estimate of drug-likeness (QED) is 0.557. The Morgan fingerprint density at radius 3 is 2.89 bits per heavy atom. The van der Waals surface area contributed by atoms with Gasteiger partial charge in [-0.05, 0) is 37.1 Å². The van der Waals surface area contributed by atoms with E-state index in [0.717, 1.165) is 50.9 Å². The molecule has 0 aliphatic carbocycles. The third-order valence-electron chi connectivity index (χ3n) is 4.62. The highest BCUT2D eigenvalue weighted by molar-refractivity contribution is 7.99. The number of thiazole rings is 1. The van der Waals surface area contributed by atoms with Crippen molar-refractivity contribution in [2.45, 2.75) is 30.4 Å². The predicted molar refractivity (Wildman–Crippen MR) is 112 cm³/mol. The van der Waals surface area contributed by atoms with E-state index in [2.05, 4.69) is 11.1 Å². The number of benzene rings is 2. The van der Waals surface area contributed by atoms with Crippen LogP contribution in [0.1, 0.15) is 28.2 Å². The summed E-state index contributed by atoms with van der Waals surface area (Å²) in [6, 6.07) is 15.9.